The molecule has 2 rings (SSSR count). The molecule has 1 heterocycles. The molecule has 0 N–H and O–H groups in total. The summed E-state index contributed by atoms with van der Waals surface area (Å²) in [5, 5.41) is 3.54. The van der Waals surface area contributed by atoms with Crippen molar-refractivity contribution in [1.82, 2.24) is 0 Å². The minimum Gasteiger partial charge on any atom is -0.489 e. The van der Waals surface area contributed by atoms with E-state index in [1.165, 1.54) is 5.56 Å². The van der Waals surface area contributed by atoms with Gasteiger partial charge in [-0.1, -0.05) is 17.2 Å². The third-order valence-electron chi connectivity index (χ3n) is 2.42. The van der Waals surface area contributed by atoms with Crippen molar-refractivity contribution in [2.45, 2.75) is 18.9 Å². The summed E-state index contributed by atoms with van der Waals surface area (Å²) in [6.45, 7) is 0.400. The summed E-state index contributed by atoms with van der Waals surface area (Å²) in [4.78, 5) is 2.74. The van der Waals surface area contributed by atoms with Gasteiger partial charge in [-0.2, -0.15) is 0 Å². The van der Waals surface area contributed by atoms with Gasteiger partial charge >= 0.3 is 0 Å². The second kappa shape index (κ2) is 4.55. The first-order chi connectivity index (χ1) is 7.31. The molecule has 5 heteroatoms. The molecule has 1 aliphatic rings. The molecule has 0 spiro atoms. The van der Waals surface area contributed by atoms with E-state index in [1.807, 2.05) is 12.1 Å². The summed E-state index contributed by atoms with van der Waals surface area (Å²) in [5.74, 6) is 0.891. The first-order valence-corrected chi connectivity index (χ1v) is 5.55. The Kier molecular flexibility index (Phi) is 3.14. The van der Waals surface area contributed by atoms with Gasteiger partial charge in [0, 0.05) is 4.91 Å². The van der Waals surface area contributed by atoms with Gasteiger partial charge in [0.1, 0.15) is 11.9 Å². The van der Waals surface area contributed by atoms with E-state index in [2.05, 4.69) is 32.0 Å². The van der Waals surface area contributed by atoms with Crippen LogP contribution in [0.15, 0.2) is 27.8 Å². The summed E-state index contributed by atoms with van der Waals surface area (Å²) in [7, 11) is 0. The number of rotatable bonds is 2. The Labute approximate surface area is 96.0 Å². The normalized spacial score (nSPS) is 18.6. The van der Waals surface area contributed by atoms with Gasteiger partial charge in [0.25, 0.3) is 0 Å². The van der Waals surface area contributed by atoms with E-state index in [4.69, 9.17) is 10.3 Å². The predicted molar refractivity (Wildman–Crippen MR) is 60.9 cm³/mol. The number of hydrogen-bond donors (Lipinski definition) is 0. The zero-order valence-corrected chi connectivity index (χ0v) is 9.64. The number of aryl methyl sites for hydroxylation is 1. The van der Waals surface area contributed by atoms with Crippen LogP contribution in [0, 0.1) is 0 Å². The van der Waals surface area contributed by atoms with Gasteiger partial charge in [-0.15, -0.1) is 0 Å². The number of para-hydroxylation sites is 1. The molecular weight excluding hydrogens is 258 g/mol. The number of ether oxygens (including phenoxy) is 1. The van der Waals surface area contributed by atoms with Crippen LogP contribution in [0.25, 0.3) is 10.4 Å². The van der Waals surface area contributed by atoms with Crippen LogP contribution in [-0.4, -0.2) is 12.6 Å². The maximum atomic E-state index is 8.24. The largest absolute Gasteiger partial charge is 0.489 e. The quantitative estimate of drug-likeness (QED) is 0.460. The number of halogens is 1. The second-order valence-electron chi connectivity index (χ2n) is 3.42. The summed E-state index contributed by atoms with van der Waals surface area (Å²) in [6, 6.07) is 6.01. The van der Waals surface area contributed by atoms with E-state index in [1.54, 1.807) is 0 Å². The maximum absolute atomic E-state index is 8.24. The lowest BCUT2D eigenvalue weighted by Gasteiger charge is -2.25. The van der Waals surface area contributed by atoms with E-state index in [0.717, 1.165) is 23.1 Å². The molecule has 0 aliphatic carbocycles. The molecule has 0 radical (unpaired) electrons. The van der Waals surface area contributed by atoms with Crippen molar-refractivity contribution in [3.05, 3.63) is 38.7 Å². The monoisotopic (exact) mass is 267 g/mol. The van der Waals surface area contributed by atoms with Crippen LogP contribution in [0.4, 0.5) is 0 Å². The average Bonchev–Trinajstić information content (AvgIpc) is 2.27. The van der Waals surface area contributed by atoms with Crippen molar-refractivity contribution in [1.29, 1.82) is 0 Å². The molecule has 1 aliphatic heterocycles. The number of azide groups is 1. The minimum absolute atomic E-state index is 0.00657. The van der Waals surface area contributed by atoms with Crippen LogP contribution in [-0.2, 0) is 6.42 Å². The van der Waals surface area contributed by atoms with Gasteiger partial charge < -0.3 is 4.74 Å². The van der Waals surface area contributed by atoms with Crippen molar-refractivity contribution >= 4 is 15.9 Å². The third-order valence-corrected chi connectivity index (χ3v) is 3.04. The highest BCUT2D eigenvalue weighted by molar-refractivity contribution is 9.10. The Balaban J connectivity index is 2.18. The Hall–Kier alpha value is -1.19. The molecule has 1 aromatic rings. The molecule has 15 heavy (non-hydrogen) atoms. The van der Waals surface area contributed by atoms with Crippen molar-refractivity contribution in [2.75, 3.05) is 6.54 Å². The highest BCUT2D eigenvalue weighted by atomic mass is 79.9. The van der Waals surface area contributed by atoms with E-state index in [-0.39, 0.29) is 6.10 Å². The molecule has 4 nitrogen and oxygen atoms in total. The fraction of sp³-hybridized carbons (Fsp3) is 0.400. The zero-order chi connectivity index (χ0) is 10.7. The molecular formula is C10H10BrN3O. The topological polar surface area (TPSA) is 58.0 Å². The number of nitrogens with zero attached hydrogens (tertiary/aromatic N) is 3. The summed E-state index contributed by atoms with van der Waals surface area (Å²) >= 11 is 3.45. The van der Waals surface area contributed by atoms with E-state index < -0.39 is 0 Å². The zero-order valence-electron chi connectivity index (χ0n) is 8.06. The van der Waals surface area contributed by atoms with E-state index in [9.17, 15) is 0 Å². The van der Waals surface area contributed by atoms with Gasteiger partial charge in [0.15, 0.2) is 0 Å². The summed E-state index contributed by atoms with van der Waals surface area (Å²) in [6.07, 6.45) is 1.88. The Morgan fingerprint density at radius 1 is 1.60 bits per heavy atom. The van der Waals surface area contributed by atoms with Gasteiger partial charge in [-0.05, 0) is 45.9 Å². The second-order valence-corrected chi connectivity index (χ2v) is 4.27. The van der Waals surface area contributed by atoms with Crippen LogP contribution in [0.1, 0.15) is 12.0 Å². The van der Waals surface area contributed by atoms with Crippen LogP contribution in [0.3, 0.4) is 0 Å². The molecule has 1 aromatic carbocycles. The van der Waals surface area contributed by atoms with Gasteiger partial charge in [0.05, 0.1) is 11.0 Å². The van der Waals surface area contributed by atoms with Gasteiger partial charge in [-0.3, -0.25) is 0 Å². The van der Waals surface area contributed by atoms with Crippen molar-refractivity contribution < 1.29 is 4.74 Å². The SMILES string of the molecule is [N-]=[N+]=NCC1CCc2cccc(Br)c2O1. The lowest BCUT2D eigenvalue weighted by molar-refractivity contribution is 0.180. The van der Waals surface area contributed by atoms with Crippen molar-refractivity contribution in [3.8, 4) is 5.75 Å². The molecule has 1 atom stereocenters. The molecule has 0 aromatic heterocycles. The van der Waals surface area contributed by atoms with Crippen LogP contribution in [0.2, 0.25) is 0 Å². The minimum atomic E-state index is 0.00657. The molecule has 0 bridgehead atoms. The molecule has 0 saturated heterocycles. The highest BCUT2D eigenvalue weighted by Gasteiger charge is 2.20. The number of benzene rings is 1. The fourth-order valence-electron chi connectivity index (χ4n) is 1.68. The average molecular weight is 268 g/mol. The Bertz CT molecular complexity index is 415. The fourth-order valence-corrected chi connectivity index (χ4v) is 2.18. The summed E-state index contributed by atoms with van der Waals surface area (Å²) in [5.41, 5.74) is 9.45. The molecule has 1 unspecified atom stereocenters. The Morgan fingerprint density at radius 2 is 2.47 bits per heavy atom. The first kappa shape index (κ1) is 10.3. The van der Waals surface area contributed by atoms with Crippen molar-refractivity contribution in [2.24, 2.45) is 5.11 Å². The predicted octanol–water partition coefficient (Wildman–Crippen LogP) is 3.45. The van der Waals surface area contributed by atoms with Crippen molar-refractivity contribution in [3.63, 3.8) is 0 Å². The maximum Gasteiger partial charge on any atom is 0.137 e. The highest BCUT2D eigenvalue weighted by Crippen LogP contribution is 2.34. The smallest absolute Gasteiger partial charge is 0.137 e. The Morgan fingerprint density at radius 3 is 3.27 bits per heavy atom. The lowest BCUT2D eigenvalue weighted by Crippen LogP contribution is -2.25. The molecule has 0 fully saturated rings. The lowest BCUT2D eigenvalue weighted by atomic mass is 10.0. The third kappa shape index (κ3) is 2.25. The van der Waals surface area contributed by atoms with E-state index in [0.29, 0.717) is 6.54 Å². The van der Waals surface area contributed by atoms with Gasteiger partial charge in [-0.25, -0.2) is 0 Å². The first-order valence-electron chi connectivity index (χ1n) is 4.76. The molecule has 0 saturated carbocycles. The number of fused-ring (bicyclic) bond motifs is 1. The van der Waals surface area contributed by atoms with Crippen LogP contribution >= 0.6 is 15.9 Å². The molecule has 0 amide bonds. The molecule has 78 valence electrons. The van der Waals surface area contributed by atoms with Crippen LogP contribution < -0.4 is 4.74 Å². The van der Waals surface area contributed by atoms with Crippen LogP contribution in [0.5, 0.6) is 5.75 Å². The number of hydrogen-bond acceptors (Lipinski definition) is 2. The van der Waals surface area contributed by atoms with E-state index >= 15 is 0 Å². The van der Waals surface area contributed by atoms with Gasteiger partial charge in [0.2, 0.25) is 0 Å². The standard InChI is InChI=1S/C10H10BrN3O/c11-9-3-1-2-7-4-5-8(6-13-14-12)15-10(7)9/h1-3,8H,4-6H2. The summed E-state index contributed by atoms with van der Waals surface area (Å²) < 4.78 is 6.72.